The predicted octanol–water partition coefficient (Wildman–Crippen LogP) is 1.19. The van der Waals surface area contributed by atoms with Crippen molar-refractivity contribution < 1.29 is 4.39 Å². The van der Waals surface area contributed by atoms with Crippen molar-refractivity contribution in [2.45, 2.75) is 25.4 Å². The number of piperazine rings is 1. The lowest BCUT2D eigenvalue weighted by Crippen LogP contribution is -2.40. The van der Waals surface area contributed by atoms with E-state index in [1.165, 1.54) is 38.1 Å². The molecule has 1 aromatic rings. The fourth-order valence-electron chi connectivity index (χ4n) is 2.68. The topological polar surface area (TPSA) is 39.3 Å². The van der Waals surface area contributed by atoms with Gasteiger partial charge < -0.3 is 20.9 Å². The van der Waals surface area contributed by atoms with E-state index in [0.29, 0.717) is 6.04 Å². The predicted molar refractivity (Wildman–Crippen MR) is 89.5 cm³/mol. The number of likely N-dealkylation sites (tertiary alicyclic amines) is 1. The smallest absolute Gasteiger partial charge is 0.123 e. The molecule has 0 atom stereocenters. The number of benzene rings is 1. The summed E-state index contributed by atoms with van der Waals surface area (Å²) in [7, 11) is 2.16. The minimum Gasteiger partial charge on any atom is -0.314 e. The van der Waals surface area contributed by atoms with Gasteiger partial charge in [0.25, 0.3) is 0 Å². The number of nitrogens with one attached hydrogen (secondary N) is 3. The summed E-state index contributed by atoms with van der Waals surface area (Å²) in [6, 6.07) is 7.34. The van der Waals surface area contributed by atoms with Gasteiger partial charge in [0.05, 0.1) is 0 Å². The van der Waals surface area contributed by atoms with Gasteiger partial charge in [0.1, 0.15) is 5.82 Å². The molecule has 0 amide bonds. The van der Waals surface area contributed by atoms with Gasteiger partial charge in [0, 0.05) is 38.8 Å². The normalized spacial score (nSPS) is 20.3. The van der Waals surface area contributed by atoms with Gasteiger partial charge in [-0.25, -0.2) is 4.39 Å². The van der Waals surface area contributed by atoms with Crippen LogP contribution in [0.15, 0.2) is 24.3 Å². The molecule has 0 spiro atoms. The summed E-state index contributed by atoms with van der Waals surface area (Å²) in [5.74, 6) is -0.164. The molecule has 3 N–H and O–H groups in total. The molecule has 0 aliphatic carbocycles. The second kappa shape index (κ2) is 9.90. The largest absolute Gasteiger partial charge is 0.314 e. The molecule has 2 heterocycles. The van der Waals surface area contributed by atoms with Crippen LogP contribution in [0.3, 0.4) is 0 Å². The first kappa shape index (κ1) is 17.3. The quantitative estimate of drug-likeness (QED) is 0.784. The molecule has 0 bridgehead atoms. The molecule has 2 saturated heterocycles. The first-order valence-electron chi connectivity index (χ1n) is 8.32. The molecule has 0 aromatic heterocycles. The highest BCUT2D eigenvalue weighted by atomic mass is 19.1. The molecule has 2 aliphatic rings. The highest BCUT2D eigenvalue weighted by Crippen LogP contribution is 2.09. The zero-order chi connectivity index (χ0) is 15.6. The third-order valence-electron chi connectivity index (χ3n) is 4.18. The maximum Gasteiger partial charge on any atom is 0.123 e. The first-order valence-corrected chi connectivity index (χ1v) is 8.32. The second-order valence-corrected chi connectivity index (χ2v) is 6.08. The molecule has 1 aromatic carbocycles. The third kappa shape index (κ3) is 6.83. The summed E-state index contributed by atoms with van der Waals surface area (Å²) in [6.45, 7) is 7.73. The molecule has 22 heavy (non-hydrogen) atoms. The Bertz CT molecular complexity index is 386. The lowest BCUT2D eigenvalue weighted by atomic mass is 10.1. The van der Waals surface area contributed by atoms with Crippen LogP contribution in [0.1, 0.15) is 18.4 Å². The van der Waals surface area contributed by atoms with Crippen molar-refractivity contribution >= 4 is 0 Å². The average Bonchev–Trinajstić information content (AvgIpc) is 2.58. The SMILES string of the molecule is C1CNCCN1.CN1CCC(NCc2ccc(F)cc2)CC1. The van der Waals surface area contributed by atoms with Crippen LogP contribution in [0.5, 0.6) is 0 Å². The van der Waals surface area contributed by atoms with Gasteiger partial charge in [-0.1, -0.05) is 12.1 Å². The fraction of sp³-hybridized carbons (Fsp3) is 0.647. The number of halogens is 1. The summed E-state index contributed by atoms with van der Waals surface area (Å²) in [6.07, 6.45) is 2.41. The summed E-state index contributed by atoms with van der Waals surface area (Å²) in [4.78, 5) is 2.36. The number of piperidine rings is 1. The lowest BCUT2D eigenvalue weighted by Gasteiger charge is -2.29. The van der Waals surface area contributed by atoms with Gasteiger partial charge in [-0.3, -0.25) is 0 Å². The summed E-state index contributed by atoms with van der Waals surface area (Å²) in [5, 5.41) is 9.97. The molecule has 0 radical (unpaired) electrons. The fourth-order valence-corrected chi connectivity index (χ4v) is 2.68. The van der Waals surface area contributed by atoms with E-state index >= 15 is 0 Å². The first-order chi connectivity index (χ1) is 10.7. The molecule has 5 heteroatoms. The van der Waals surface area contributed by atoms with Crippen LogP contribution in [-0.4, -0.2) is 57.3 Å². The minimum absolute atomic E-state index is 0.164. The summed E-state index contributed by atoms with van der Waals surface area (Å²) >= 11 is 0. The van der Waals surface area contributed by atoms with E-state index in [1.807, 2.05) is 12.1 Å². The van der Waals surface area contributed by atoms with Crippen LogP contribution in [0.25, 0.3) is 0 Å². The Labute approximate surface area is 133 Å². The zero-order valence-electron chi connectivity index (χ0n) is 13.6. The molecule has 3 rings (SSSR count). The van der Waals surface area contributed by atoms with Gasteiger partial charge in [-0.15, -0.1) is 0 Å². The van der Waals surface area contributed by atoms with E-state index in [-0.39, 0.29) is 5.82 Å². The summed E-state index contributed by atoms with van der Waals surface area (Å²) < 4.78 is 12.7. The van der Waals surface area contributed by atoms with Gasteiger partial charge in [-0.05, 0) is 50.7 Å². The van der Waals surface area contributed by atoms with Gasteiger partial charge in [0.15, 0.2) is 0 Å². The second-order valence-electron chi connectivity index (χ2n) is 6.08. The van der Waals surface area contributed by atoms with Crippen molar-refractivity contribution in [2.24, 2.45) is 0 Å². The zero-order valence-corrected chi connectivity index (χ0v) is 13.6. The van der Waals surface area contributed by atoms with Crippen molar-refractivity contribution in [1.29, 1.82) is 0 Å². The lowest BCUT2D eigenvalue weighted by molar-refractivity contribution is 0.234. The molecule has 124 valence electrons. The van der Waals surface area contributed by atoms with Crippen LogP contribution in [0, 0.1) is 5.82 Å². The Morgan fingerprint density at radius 1 is 1.05 bits per heavy atom. The molecule has 2 aliphatic heterocycles. The number of nitrogens with zero attached hydrogens (tertiary/aromatic N) is 1. The minimum atomic E-state index is -0.164. The number of hydrogen-bond donors (Lipinski definition) is 3. The van der Waals surface area contributed by atoms with Crippen LogP contribution in [0.4, 0.5) is 4.39 Å². The molecule has 4 nitrogen and oxygen atoms in total. The Hall–Kier alpha value is -1.01. The van der Waals surface area contributed by atoms with Crippen LogP contribution >= 0.6 is 0 Å². The van der Waals surface area contributed by atoms with Crippen LogP contribution < -0.4 is 16.0 Å². The van der Waals surface area contributed by atoms with Crippen molar-refractivity contribution in [2.75, 3.05) is 46.3 Å². The molecule has 2 fully saturated rings. The van der Waals surface area contributed by atoms with E-state index in [4.69, 9.17) is 0 Å². The Balaban J connectivity index is 0.000000246. The number of hydrogen-bond acceptors (Lipinski definition) is 4. The van der Waals surface area contributed by atoms with Crippen LogP contribution in [-0.2, 0) is 6.54 Å². The number of rotatable bonds is 3. The van der Waals surface area contributed by atoms with E-state index in [0.717, 1.165) is 38.3 Å². The van der Waals surface area contributed by atoms with E-state index in [2.05, 4.69) is 27.9 Å². The van der Waals surface area contributed by atoms with Crippen molar-refractivity contribution in [3.05, 3.63) is 35.6 Å². The van der Waals surface area contributed by atoms with Crippen molar-refractivity contribution in [1.82, 2.24) is 20.9 Å². The highest BCUT2D eigenvalue weighted by molar-refractivity contribution is 5.15. The van der Waals surface area contributed by atoms with Crippen LogP contribution in [0.2, 0.25) is 0 Å². The van der Waals surface area contributed by atoms with E-state index in [1.54, 1.807) is 0 Å². The van der Waals surface area contributed by atoms with Crippen molar-refractivity contribution in [3.8, 4) is 0 Å². The molecular formula is C17H29FN4. The van der Waals surface area contributed by atoms with E-state index < -0.39 is 0 Å². The van der Waals surface area contributed by atoms with Gasteiger partial charge >= 0.3 is 0 Å². The monoisotopic (exact) mass is 308 g/mol. The maximum absolute atomic E-state index is 12.7. The average molecular weight is 308 g/mol. The Morgan fingerprint density at radius 2 is 1.59 bits per heavy atom. The third-order valence-corrected chi connectivity index (χ3v) is 4.18. The molecule has 0 saturated carbocycles. The highest BCUT2D eigenvalue weighted by Gasteiger charge is 2.15. The molecular weight excluding hydrogens is 279 g/mol. The van der Waals surface area contributed by atoms with E-state index in [9.17, 15) is 4.39 Å². The Kier molecular flexibility index (Phi) is 7.80. The van der Waals surface area contributed by atoms with Gasteiger partial charge in [0.2, 0.25) is 0 Å². The standard InChI is InChI=1S/C13H19FN2.C4H10N2/c1-16-8-6-13(7-9-16)15-10-11-2-4-12(14)5-3-11;1-2-6-4-3-5-1/h2-5,13,15H,6-10H2,1H3;5-6H,1-4H2. The van der Waals surface area contributed by atoms with Gasteiger partial charge in [-0.2, -0.15) is 0 Å². The summed E-state index contributed by atoms with van der Waals surface area (Å²) in [5.41, 5.74) is 1.15. The van der Waals surface area contributed by atoms with Crippen molar-refractivity contribution in [3.63, 3.8) is 0 Å². The Morgan fingerprint density at radius 3 is 2.09 bits per heavy atom. The molecule has 0 unspecified atom stereocenters. The maximum atomic E-state index is 12.7.